The quantitative estimate of drug-likeness (QED) is 0.841. The smallest absolute Gasteiger partial charge is 0.253 e. The highest BCUT2D eigenvalue weighted by Crippen LogP contribution is 2.30. The maximum Gasteiger partial charge on any atom is 0.253 e. The number of para-hydroxylation sites is 1. The number of aryl methyl sites for hydroxylation is 1. The molecule has 1 heterocycles. The van der Waals surface area contributed by atoms with Crippen molar-refractivity contribution in [3.63, 3.8) is 0 Å². The van der Waals surface area contributed by atoms with Crippen molar-refractivity contribution in [2.75, 3.05) is 24.3 Å². The average molecular weight is 234 g/mol. The molecule has 4 heteroatoms. The van der Waals surface area contributed by atoms with Gasteiger partial charge >= 0.3 is 0 Å². The van der Waals surface area contributed by atoms with Crippen molar-refractivity contribution in [3.05, 3.63) is 23.8 Å². The number of carbonyl (C=O) groups excluding carboxylic acids is 1. The van der Waals surface area contributed by atoms with Crippen molar-refractivity contribution in [1.29, 1.82) is 0 Å². The number of ether oxygens (including phenoxy) is 1. The summed E-state index contributed by atoms with van der Waals surface area (Å²) in [5, 5.41) is 6.23. The van der Waals surface area contributed by atoms with Gasteiger partial charge in [-0.2, -0.15) is 0 Å². The predicted molar refractivity (Wildman–Crippen MR) is 68.4 cm³/mol. The van der Waals surface area contributed by atoms with Crippen molar-refractivity contribution < 1.29 is 9.53 Å². The zero-order chi connectivity index (χ0) is 12.3. The van der Waals surface area contributed by atoms with Gasteiger partial charge in [0.25, 0.3) is 5.91 Å². The minimum atomic E-state index is -0.436. The normalized spacial score (nSPS) is 15.6. The Labute approximate surface area is 101 Å². The Kier molecular flexibility index (Phi) is 3.64. The topological polar surface area (TPSA) is 50.4 Å². The van der Waals surface area contributed by atoms with E-state index < -0.39 is 6.10 Å². The Hall–Kier alpha value is -1.55. The van der Waals surface area contributed by atoms with Crippen molar-refractivity contribution in [3.8, 4) is 0 Å². The maximum absolute atomic E-state index is 11.8. The van der Waals surface area contributed by atoms with E-state index in [9.17, 15) is 4.79 Å². The molecule has 2 rings (SSSR count). The molecule has 1 aliphatic rings. The van der Waals surface area contributed by atoms with E-state index in [2.05, 4.69) is 16.7 Å². The largest absolute Gasteiger partial charge is 0.383 e. The summed E-state index contributed by atoms with van der Waals surface area (Å²) in [5.74, 6) is -0.117. The molecule has 1 aromatic carbocycles. The number of rotatable bonds is 3. The SMILES string of the molecule is COC(C)C(=O)Nc1cccc2c1NCCC2. The number of fused-ring (bicyclic) bond motifs is 1. The van der Waals surface area contributed by atoms with E-state index in [4.69, 9.17) is 4.74 Å². The highest BCUT2D eigenvalue weighted by molar-refractivity contribution is 5.97. The van der Waals surface area contributed by atoms with E-state index in [1.807, 2.05) is 12.1 Å². The number of carbonyl (C=O) groups is 1. The first-order valence-electron chi connectivity index (χ1n) is 5.92. The van der Waals surface area contributed by atoms with Crippen LogP contribution in [0.15, 0.2) is 18.2 Å². The molecule has 0 bridgehead atoms. The van der Waals surface area contributed by atoms with Gasteiger partial charge in [0, 0.05) is 13.7 Å². The van der Waals surface area contributed by atoms with Crippen LogP contribution in [0.1, 0.15) is 18.9 Å². The standard InChI is InChI=1S/C13H18N2O2/c1-9(17-2)13(16)15-11-7-3-5-10-6-4-8-14-12(10)11/h3,5,7,9,14H,4,6,8H2,1-2H3,(H,15,16). The molecule has 2 N–H and O–H groups in total. The third kappa shape index (κ3) is 2.58. The lowest BCUT2D eigenvalue weighted by Crippen LogP contribution is -2.27. The summed E-state index contributed by atoms with van der Waals surface area (Å²) in [4.78, 5) is 11.8. The van der Waals surface area contributed by atoms with Crippen LogP contribution < -0.4 is 10.6 Å². The second kappa shape index (κ2) is 5.19. The molecule has 0 saturated heterocycles. The van der Waals surface area contributed by atoms with Gasteiger partial charge in [0.1, 0.15) is 6.10 Å². The molecule has 1 aliphatic heterocycles. The molecule has 17 heavy (non-hydrogen) atoms. The first-order valence-corrected chi connectivity index (χ1v) is 5.92. The van der Waals surface area contributed by atoms with Crippen molar-refractivity contribution >= 4 is 17.3 Å². The summed E-state index contributed by atoms with van der Waals surface area (Å²) in [6, 6.07) is 5.98. The fourth-order valence-corrected chi connectivity index (χ4v) is 1.96. The van der Waals surface area contributed by atoms with E-state index in [-0.39, 0.29) is 5.91 Å². The molecule has 0 aromatic heterocycles. The third-order valence-corrected chi connectivity index (χ3v) is 3.06. The lowest BCUT2D eigenvalue weighted by Gasteiger charge is -2.22. The number of nitrogens with one attached hydrogen (secondary N) is 2. The number of anilines is 2. The summed E-state index contributed by atoms with van der Waals surface area (Å²) in [6.07, 6.45) is 1.76. The number of methoxy groups -OCH3 is 1. The molecule has 0 radical (unpaired) electrons. The van der Waals surface area contributed by atoms with E-state index >= 15 is 0 Å². The van der Waals surface area contributed by atoms with Gasteiger partial charge in [-0.25, -0.2) is 0 Å². The summed E-state index contributed by atoms with van der Waals surface area (Å²) < 4.78 is 5.00. The average Bonchev–Trinajstić information content (AvgIpc) is 2.38. The zero-order valence-corrected chi connectivity index (χ0v) is 10.2. The van der Waals surface area contributed by atoms with Crippen LogP contribution in [-0.2, 0) is 16.0 Å². The van der Waals surface area contributed by atoms with Crippen LogP contribution in [0.4, 0.5) is 11.4 Å². The number of hydrogen-bond donors (Lipinski definition) is 2. The molecule has 1 aromatic rings. The fourth-order valence-electron chi connectivity index (χ4n) is 1.96. The zero-order valence-electron chi connectivity index (χ0n) is 10.2. The Morgan fingerprint density at radius 2 is 2.35 bits per heavy atom. The Balaban J connectivity index is 2.18. The first kappa shape index (κ1) is 11.9. The monoisotopic (exact) mass is 234 g/mol. The summed E-state index contributed by atoms with van der Waals surface area (Å²) in [5.41, 5.74) is 3.16. The summed E-state index contributed by atoms with van der Waals surface area (Å²) in [7, 11) is 1.53. The molecule has 0 aliphatic carbocycles. The Bertz CT molecular complexity index is 418. The van der Waals surface area contributed by atoms with Crippen LogP contribution in [-0.4, -0.2) is 25.7 Å². The second-order valence-electron chi connectivity index (χ2n) is 4.24. The number of benzene rings is 1. The van der Waals surface area contributed by atoms with Crippen LogP contribution >= 0.6 is 0 Å². The van der Waals surface area contributed by atoms with Gasteiger partial charge in [-0.1, -0.05) is 12.1 Å². The molecule has 1 atom stereocenters. The van der Waals surface area contributed by atoms with Gasteiger partial charge < -0.3 is 15.4 Å². The predicted octanol–water partition coefficient (Wildman–Crippen LogP) is 2.02. The van der Waals surface area contributed by atoms with Crippen LogP contribution in [0.3, 0.4) is 0 Å². The lowest BCUT2D eigenvalue weighted by atomic mass is 10.0. The number of amides is 1. The highest BCUT2D eigenvalue weighted by atomic mass is 16.5. The molecule has 4 nitrogen and oxygen atoms in total. The minimum Gasteiger partial charge on any atom is -0.383 e. The molecule has 92 valence electrons. The van der Waals surface area contributed by atoms with E-state index in [0.717, 1.165) is 30.8 Å². The molecule has 0 saturated carbocycles. The molecule has 0 fully saturated rings. The van der Waals surface area contributed by atoms with Crippen molar-refractivity contribution in [2.45, 2.75) is 25.9 Å². The maximum atomic E-state index is 11.8. The second-order valence-corrected chi connectivity index (χ2v) is 4.24. The van der Waals surface area contributed by atoms with Crippen molar-refractivity contribution in [1.82, 2.24) is 0 Å². The van der Waals surface area contributed by atoms with Gasteiger partial charge in [-0.3, -0.25) is 4.79 Å². The van der Waals surface area contributed by atoms with Crippen LogP contribution in [0, 0.1) is 0 Å². The van der Waals surface area contributed by atoms with Crippen LogP contribution in [0.5, 0.6) is 0 Å². The molecule has 1 amide bonds. The van der Waals surface area contributed by atoms with Crippen molar-refractivity contribution in [2.24, 2.45) is 0 Å². The summed E-state index contributed by atoms with van der Waals surface area (Å²) >= 11 is 0. The van der Waals surface area contributed by atoms with Gasteiger partial charge in [0.05, 0.1) is 11.4 Å². The molecule has 0 spiro atoms. The number of hydrogen-bond acceptors (Lipinski definition) is 3. The van der Waals surface area contributed by atoms with Gasteiger partial charge in [0.2, 0.25) is 0 Å². The molecular weight excluding hydrogens is 216 g/mol. The molecule has 1 unspecified atom stereocenters. The minimum absolute atomic E-state index is 0.117. The van der Waals surface area contributed by atoms with Crippen LogP contribution in [0.25, 0.3) is 0 Å². The Morgan fingerprint density at radius 3 is 3.12 bits per heavy atom. The molecular formula is C13H18N2O2. The van der Waals surface area contributed by atoms with E-state index in [1.54, 1.807) is 6.92 Å². The first-order chi connectivity index (χ1) is 8.22. The van der Waals surface area contributed by atoms with E-state index in [1.165, 1.54) is 12.7 Å². The van der Waals surface area contributed by atoms with Crippen LogP contribution in [0.2, 0.25) is 0 Å². The summed E-state index contributed by atoms with van der Waals surface area (Å²) in [6.45, 7) is 2.69. The fraction of sp³-hybridized carbons (Fsp3) is 0.462. The van der Waals surface area contributed by atoms with Gasteiger partial charge in [-0.05, 0) is 31.4 Å². The van der Waals surface area contributed by atoms with E-state index in [0.29, 0.717) is 0 Å². The van der Waals surface area contributed by atoms with Gasteiger partial charge in [0.15, 0.2) is 0 Å². The Morgan fingerprint density at radius 1 is 1.53 bits per heavy atom. The van der Waals surface area contributed by atoms with Gasteiger partial charge in [-0.15, -0.1) is 0 Å². The highest BCUT2D eigenvalue weighted by Gasteiger charge is 2.16. The third-order valence-electron chi connectivity index (χ3n) is 3.06. The lowest BCUT2D eigenvalue weighted by molar-refractivity contribution is -0.124.